The van der Waals surface area contributed by atoms with E-state index in [1.54, 1.807) is 13.8 Å². The first-order valence-electron chi connectivity index (χ1n) is 7.88. The van der Waals surface area contributed by atoms with Gasteiger partial charge in [0.1, 0.15) is 5.00 Å². The third kappa shape index (κ3) is 5.07. The van der Waals surface area contributed by atoms with E-state index in [0.29, 0.717) is 5.56 Å². The van der Waals surface area contributed by atoms with E-state index in [1.807, 2.05) is 0 Å². The molecule has 2 rings (SSSR count). The number of esters is 1. The Bertz CT molecular complexity index is 1090. The average Bonchev–Trinajstić information content (AvgIpc) is 2.91. The van der Waals surface area contributed by atoms with Gasteiger partial charge in [0.25, 0.3) is 5.91 Å². The quantitative estimate of drug-likeness (QED) is 0.370. The topological polar surface area (TPSA) is 168 Å². The number of aryl methyl sites for hydroxylation is 1. The van der Waals surface area contributed by atoms with E-state index in [9.17, 15) is 28.1 Å². The van der Waals surface area contributed by atoms with Gasteiger partial charge in [-0.1, -0.05) is 0 Å². The smallest absolute Gasteiger partial charge is 0.341 e. The van der Waals surface area contributed by atoms with E-state index in [4.69, 9.17) is 14.6 Å². The fourth-order valence-corrected chi connectivity index (χ4v) is 3.91. The minimum atomic E-state index is -4.15. The van der Waals surface area contributed by atoms with Crippen LogP contribution in [0, 0.1) is 24.0 Å². The number of carbonyl (C=O) groups is 2. The summed E-state index contributed by atoms with van der Waals surface area (Å²) >= 11 is 1.17. The lowest BCUT2D eigenvalue weighted by molar-refractivity contribution is -0.386. The molecule has 0 fully saturated rings. The maximum Gasteiger partial charge on any atom is 0.341 e. The van der Waals surface area contributed by atoms with Crippen molar-refractivity contribution in [3.8, 4) is 5.75 Å². The van der Waals surface area contributed by atoms with Crippen LogP contribution in [-0.2, 0) is 19.6 Å². The van der Waals surface area contributed by atoms with Gasteiger partial charge in [-0.05, 0) is 31.5 Å². The van der Waals surface area contributed by atoms with Gasteiger partial charge in [0.15, 0.2) is 12.4 Å². The Labute approximate surface area is 169 Å². The first kappa shape index (κ1) is 22.3. The molecule has 0 bridgehead atoms. The van der Waals surface area contributed by atoms with E-state index in [0.717, 1.165) is 23.1 Å². The van der Waals surface area contributed by atoms with Crippen LogP contribution in [0.5, 0.6) is 5.75 Å². The predicted octanol–water partition coefficient (Wildman–Crippen LogP) is 1.72. The largest absolute Gasteiger partial charge is 0.477 e. The third-order valence-electron chi connectivity index (χ3n) is 3.84. The summed E-state index contributed by atoms with van der Waals surface area (Å²) in [5.74, 6) is -1.61. The molecule has 156 valence electrons. The molecule has 0 saturated heterocycles. The number of nitrogens with zero attached hydrogens (tertiary/aromatic N) is 1. The number of nitro groups is 1. The summed E-state index contributed by atoms with van der Waals surface area (Å²) in [4.78, 5) is 34.8. The molecule has 1 amide bonds. The normalized spacial score (nSPS) is 11.0. The highest BCUT2D eigenvalue weighted by Crippen LogP contribution is 2.33. The zero-order valence-electron chi connectivity index (χ0n) is 15.5. The minimum Gasteiger partial charge on any atom is -0.477 e. The number of nitro benzene ring substituents is 1. The van der Waals surface area contributed by atoms with Gasteiger partial charge >= 0.3 is 11.7 Å². The highest BCUT2D eigenvalue weighted by atomic mass is 32.2. The number of thiophene rings is 1. The van der Waals surface area contributed by atoms with E-state index in [2.05, 4.69) is 5.32 Å². The number of amides is 1. The summed E-state index contributed by atoms with van der Waals surface area (Å²) < 4.78 is 32.6. The summed E-state index contributed by atoms with van der Waals surface area (Å²) in [6.45, 7) is 2.86. The molecule has 3 N–H and O–H groups in total. The number of primary sulfonamides is 1. The maximum atomic E-state index is 12.2. The lowest BCUT2D eigenvalue weighted by Crippen LogP contribution is -2.21. The zero-order chi connectivity index (χ0) is 21.9. The van der Waals surface area contributed by atoms with Crippen LogP contribution in [0.15, 0.2) is 23.1 Å². The number of ether oxygens (including phenoxy) is 2. The number of benzene rings is 1. The van der Waals surface area contributed by atoms with Crippen molar-refractivity contribution in [2.24, 2.45) is 5.14 Å². The van der Waals surface area contributed by atoms with Gasteiger partial charge in [0.2, 0.25) is 10.0 Å². The second-order valence-corrected chi connectivity index (χ2v) is 8.53. The molecule has 1 aromatic carbocycles. The lowest BCUT2D eigenvalue weighted by atomic mass is 10.1. The van der Waals surface area contributed by atoms with Gasteiger partial charge in [-0.3, -0.25) is 14.9 Å². The third-order valence-corrected chi connectivity index (χ3v) is 5.88. The van der Waals surface area contributed by atoms with Crippen molar-refractivity contribution >= 4 is 43.9 Å². The number of nitrogens with one attached hydrogen (secondary N) is 1. The van der Waals surface area contributed by atoms with Gasteiger partial charge in [-0.15, -0.1) is 11.3 Å². The summed E-state index contributed by atoms with van der Waals surface area (Å²) in [5.41, 5.74) is 0.210. The number of anilines is 1. The minimum absolute atomic E-state index is 0.215. The summed E-state index contributed by atoms with van der Waals surface area (Å²) in [7, 11) is -2.93. The first-order valence-corrected chi connectivity index (χ1v) is 10.2. The molecule has 2 aromatic rings. The zero-order valence-corrected chi connectivity index (χ0v) is 17.2. The van der Waals surface area contributed by atoms with Crippen LogP contribution in [0.4, 0.5) is 10.7 Å². The van der Waals surface area contributed by atoms with Crippen LogP contribution in [0.1, 0.15) is 20.8 Å². The monoisotopic (exact) mass is 443 g/mol. The SMILES string of the molecule is COC(=O)c1c(NC(=O)COc2ccc(S(N)(=O)=O)cc2[N+](=O)[O-])sc(C)c1C. The van der Waals surface area contributed by atoms with Crippen LogP contribution >= 0.6 is 11.3 Å². The number of hydrogen-bond acceptors (Lipinski definition) is 9. The van der Waals surface area contributed by atoms with Crippen LogP contribution in [-0.4, -0.2) is 38.9 Å². The van der Waals surface area contributed by atoms with Crippen LogP contribution in [0.2, 0.25) is 0 Å². The Balaban J connectivity index is 2.19. The van der Waals surface area contributed by atoms with E-state index < -0.39 is 44.0 Å². The average molecular weight is 443 g/mol. The maximum absolute atomic E-state index is 12.2. The summed E-state index contributed by atoms with van der Waals surface area (Å²) in [6.07, 6.45) is 0. The second kappa shape index (κ2) is 8.55. The Kier molecular flexibility index (Phi) is 6.56. The predicted molar refractivity (Wildman–Crippen MR) is 104 cm³/mol. The van der Waals surface area contributed by atoms with Gasteiger partial charge in [-0.2, -0.15) is 0 Å². The molecule has 29 heavy (non-hydrogen) atoms. The van der Waals surface area contributed by atoms with Crippen molar-refractivity contribution in [3.05, 3.63) is 44.3 Å². The van der Waals surface area contributed by atoms with Crippen LogP contribution < -0.4 is 15.2 Å². The molecule has 13 heteroatoms. The highest BCUT2D eigenvalue weighted by molar-refractivity contribution is 7.89. The molecule has 0 aliphatic heterocycles. The van der Waals surface area contributed by atoms with E-state index >= 15 is 0 Å². The molecule has 0 spiro atoms. The molecular weight excluding hydrogens is 426 g/mol. The molecule has 0 aliphatic rings. The second-order valence-electron chi connectivity index (χ2n) is 5.75. The summed E-state index contributed by atoms with van der Waals surface area (Å²) in [6, 6.07) is 2.80. The molecule has 1 aromatic heterocycles. The molecular formula is C16H17N3O8S2. The molecule has 0 radical (unpaired) electrons. The number of hydrogen-bond donors (Lipinski definition) is 2. The van der Waals surface area contributed by atoms with Crippen LogP contribution in [0.3, 0.4) is 0 Å². The van der Waals surface area contributed by atoms with E-state index in [1.165, 1.54) is 18.4 Å². The van der Waals surface area contributed by atoms with Crippen molar-refractivity contribution < 1.29 is 32.4 Å². The van der Waals surface area contributed by atoms with Crippen LogP contribution in [0.25, 0.3) is 0 Å². The molecule has 0 aliphatic carbocycles. The fraction of sp³-hybridized carbons (Fsp3) is 0.250. The van der Waals surface area contributed by atoms with Crippen molar-refractivity contribution in [1.29, 1.82) is 0 Å². The Morgan fingerprint density at radius 3 is 2.52 bits per heavy atom. The Morgan fingerprint density at radius 1 is 1.31 bits per heavy atom. The molecule has 0 atom stereocenters. The molecule has 1 heterocycles. The lowest BCUT2D eigenvalue weighted by Gasteiger charge is -2.09. The number of sulfonamides is 1. The van der Waals surface area contributed by atoms with Gasteiger partial charge in [0, 0.05) is 10.9 Å². The Hall–Kier alpha value is -3.03. The van der Waals surface area contributed by atoms with Gasteiger partial charge < -0.3 is 14.8 Å². The summed E-state index contributed by atoms with van der Waals surface area (Å²) in [5, 5.41) is 18.9. The molecule has 0 unspecified atom stereocenters. The van der Waals surface area contributed by atoms with Crippen molar-refractivity contribution in [2.75, 3.05) is 19.0 Å². The van der Waals surface area contributed by atoms with Crippen molar-refractivity contribution in [2.45, 2.75) is 18.7 Å². The van der Waals surface area contributed by atoms with E-state index in [-0.39, 0.29) is 16.3 Å². The van der Waals surface area contributed by atoms with Crippen molar-refractivity contribution in [1.82, 2.24) is 0 Å². The highest BCUT2D eigenvalue weighted by Gasteiger charge is 2.23. The van der Waals surface area contributed by atoms with Crippen molar-refractivity contribution in [3.63, 3.8) is 0 Å². The molecule has 0 saturated carbocycles. The van der Waals surface area contributed by atoms with Gasteiger partial charge in [-0.25, -0.2) is 18.4 Å². The number of nitrogens with two attached hydrogens (primary N) is 1. The Morgan fingerprint density at radius 2 is 1.97 bits per heavy atom. The number of rotatable bonds is 7. The number of methoxy groups -OCH3 is 1. The standard InChI is InChI=1S/C16H17N3O8S2/c1-8-9(2)28-15(14(8)16(21)26-3)18-13(20)7-27-12-5-4-10(29(17,24)25)6-11(12)19(22)23/h4-6H,7H2,1-3H3,(H,18,20)(H2,17,24,25). The van der Waals surface area contributed by atoms with Gasteiger partial charge in [0.05, 0.1) is 22.5 Å². The number of carbonyl (C=O) groups excluding carboxylic acids is 2. The molecule has 11 nitrogen and oxygen atoms in total. The fourth-order valence-electron chi connectivity index (χ4n) is 2.31. The first-order chi connectivity index (χ1) is 13.5.